The van der Waals surface area contributed by atoms with Crippen molar-refractivity contribution in [3.8, 4) is 0 Å². The molecule has 1 rings (SSSR count). The molecule has 19 heavy (non-hydrogen) atoms. The van der Waals surface area contributed by atoms with Crippen molar-refractivity contribution in [3.63, 3.8) is 0 Å². The summed E-state index contributed by atoms with van der Waals surface area (Å²) in [4.78, 5) is 21.1. The van der Waals surface area contributed by atoms with Gasteiger partial charge in [-0.25, -0.2) is 5.48 Å². The Hall–Kier alpha value is -2.16. The van der Waals surface area contributed by atoms with Crippen LogP contribution in [0, 0.1) is 0 Å². The van der Waals surface area contributed by atoms with Crippen LogP contribution in [0.1, 0.15) is 20.8 Å². The topological polar surface area (TPSA) is 122 Å². The minimum atomic E-state index is 0.0617. The fourth-order valence-corrected chi connectivity index (χ4v) is 1.21. The van der Waals surface area contributed by atoms with E-state index >= 15 is 0 Å². The number of nitrogens with one attached hydrogen (secondary N) is 3. The molecule has 1 heterocycles. The molecule has 106 valence electrons. The first kappa shape index (κ1) is 14.9. The number of nitrogens with zero attached hydrogens (tertiary/aromatic N) is 4. The van der Waals surface area contributed by atoms with E-state index in [0.29, 0.717) is 18.4 Å². The Balaban J connectivity index is 3.01. The van der Waals surface area contributed by atoms with Crippen LogP contribution in [-0.2, 0) is 4.84 Å². The molecule has 0 aromatic carbocycles. The van der Waals surface area contributed by atoms with E-state index in [1.54, 1.807) is 0 Å². The highest BCUT2D eigenvalue weighted by Gasteiger charge is 2.07. The van der Waals surface area contributed by atoms with E-state index < -0.39 is 0 Å². The smallest absolute Gasteiger partial charge is 0.259 e. The molecular weight excluding hydrogens is 248 g/mol. The molecule has 0 aliphatic rings. The lowest BCUT2D eigenvalue weighted by Crippen LogP contribution is -2.30. The quantitative estimate of drug-likeness (QED) is 0.328. The zero-order chi connectivity index (χ0) is 14.3. The van der Waals surface area contributed by atoms with E-state index in [-0.39, 0.29) is 17.9 Å². The monoisotopic (exact) mass is 268 g/mol. The Morgan fingerprint density at radius 1 is 1.32 bits per heavy atom. The molecule has 1 aromatic heterocycles. The van der Waals surface area contributed by atoms with Gasteiger partial charge in [0.25, 0.3) is 5.95 Å². The predicted octanol–water partition coefficient (Wildman–Crippen LogP) is 0.221. The lowest BCUT2D eigenvalue weighted by atomic mass is 10.4. The minimum Gasteiger partial charge on any atom is -0.368 e. The van der Waals surface area contributed by atoms with Crippen molar-refractivity contribution in [1.82, 2.24) is 20.4 Å². The Bertz CT molecular complexity index is 434. The second kappa shape index (κ2) is 7.31. The van der Waals surface area contributed by atoms with Crippen LogP contribution in [0.2, 0.25) is 0 Å². The van der Waals surface area contributed by atoms with Crippen molar-refractivity contribution in [1.29, 1.82) is 0 Å². The molecule has 0 aliphatic carbocycles. The number of anilines is 2. The van der Waals surface area contributed by atoms with Gasteiger partial charge in [0.05, 0.1) is 7.11 Å². The van der Waals surface area contributed by atoms with Gasteiger partial charge in [-0.3, -0.25) is 4.84 Å². The minimum absolute atomic E-state index is 0.0617. The van der Waals surface area contributed by atoms with Gasteiger partial charge in [0.2, 0.25) is 17.9 Å². The molecule has 0 saturated carbocycles. The van der Waals surface area contributed by atoms with E-state index in [0.717, 1.165) is 0 Å². The first-order valence-corrected chi connectivity index (χ1v) is 5.94. The first-order valence-electron chi connectivity index (χ1n) is 5.94. The summed E-state index contributed by atoms with van der Waals surface area (Å²) in [5, 5.41) is 6.09. The lowest BCUT2D eigenvalue weighted by Gasteiger charge is -2.10. The standard InChI is InChI=1S/C10H20N8O/c1-5-12-8-15-9(13-6(2)3)17-10(16-8)14-7(11)18-19-4/h6H,5H2,1-4H3,(H5,11,12,13,14,15,16,17,18). The molecule has 0 bridgehead atoms. The number of hydroxylamine groups is 1. The Kier molecular flexibility index (Phi) is 5.73. The van der Waals surface area contributed by atoms with Crippen LogP contribution >= 0.6 is 0 Å². The maximum Gasteiger partial charge on any atom is 0.259 e. The largest absolute Gasteiger partial charge is 0.368 e. The van der Waals surface area contributed by atoms with Gasteiger partial charge in [0, 0.05) is 12.6 Å². The summed E-state index contributed by atoms with van der Waals surface area (Å²) in [6, 6.07) is 0.197. The third-order valence-electron chi connectivity index (χ3n) is 1.80. The number of aromatic nitrogens is 3. The Morgan fingerprint density at radius 3 is 2.58 bits per heavy atom. The molecule has 5 N–H and O–H groups in total. The van der Waals surface area contributed by atoms with Gasteiger partial charge in [-0.1, -0.05) is 0 Å². The summed E-state index contributed by atoms with van der Waals surface area (Å²) in [6.07, 6.45) is 0. The van der Waals surface area contributed by atoms with Gasteiger partial charge in [-0.15, -0.1) is 0 Å². The van der Waals surface area contributed by atoms with E-state index in [1.165, 1.54) is 7.11 Å². The molecule has 9 heteroatoms. The zero-order valence-corrected chi connectivity index (χ0v) is 11.6. The van der Waals surface area contributed by atoms with Gasteiger partial charge >= 0.3 is 0 Å². The van der Waals surface area contributed by atoms with Crippen molar-refractivity contribution in [2.24, 2.45) is 10.7 Å². The Morgan fingerprint density at radius 2 is 2.00 bits per heavy atom. The van der Waals surface area contributed by atoms with Crippen LogP contribution < -0.4 is 21.8 Å². The van der Waals surface area contributed by atoms with E-state index in [1.807, 2.05) is 20.8 Å². The summed E-state index contributed by atoms with van der Waals surface area (Å²) in [5.41, 5.74) is 7.96. The summed E-state index contributed by atoms with van der Waals surface area (Å²) < 4.78 is 0. The van der Waals surface area contributed by atoms with Crippen molar-refractivity contribution in [2.45, 2.75) is 26.8 Å². The van der Waals surface area contributed by atoms with Gasteiger partial charge in [-0.05, 0) is 20.8 Å². The van der Waals surface area contributed by atoms with Crippen molar-refractivity contribution >= 4 is 23.8 Å². The molecule has 0 fully saturated rings. The third-order valence-corrected chi connectivity index (χ3v) is 1.80. The SMILES string of the molecule is CCNc1nc(/N=C(/N)NOC)nc(NC(C)C)n1. The Labute approximate surface area is 112 Å². The fourth-order valence-electron chi connectivity index (χ4n) is 1.21. The highest BCUT2D eigenvalue weighted by Crippen LogP contribution is 2.12. The molecule has 1 aromatic rings. The van der Waals surface area contributed by atoms with Crippen LogP contribution in [0.4, 0.5) is 17.8 Å². The van der Waals surface area contributed by atoms with Crippen molar-refractivity contribution in [2.75, 3.05) is 24.3 Å². The molecule has 0 atom stereocenters. The molecule has 0 radical (unpaired) electrons. The molecule has 0 saturated heterocycles. The average Bonchev–Trinajstić information content (AvgIpc) is 2.28. The highest BCUT2D eigenvalue weighted by molar-refractivity contribution is 5.78. The summed E-state index contributed by atoms with van der Waals surface area (Å²) >= 11 is 0. The second-order valence-corrected chi connectivity index (χ2v) is 3.92. The molecule has 0 amide bonds. The van der Waals surface area contributed by atoms with Crippen molar-refractivity contribution < 1.29 is 4.84 Å². The number of hydrogen-bond donors (Lipinski definition) is 4. The summed E-state index contributed by atoms with van der Waals surface area (Å²) in [5.74, 6) is 1.12. The van der Waals surface area contributed by atoms with Crippen molar-refractivity contribution in [3.05, 3.63) is 0 Å². The van der Waals surface area contributed by atoms with E-state index in [9.17, 15) is 0 Å². The fraction of sp³-hybridized carbons (Fsp3) is 0.600. The second-order valence-electron chi connectivity index (χ2n) is 3.92. The third kappa shape index (κ3) is 5.34. The highest BCUT2D eigenvalue weighted by atomic mass is 16.6. The predicted molar refractivity (Wildman–Crippen MR) is 74.2 cm³/mol. The van der Waals surface area contributed by atoms with Crippen LogP contribution in [0.3, 0.4) is 0 Å². The number of nitrogens with two attached hydrogens (primary N) is 1. The molecule has 9 nitrogen and oxygen atoms in total. The molecular formula is C10H20N8O. The van der Waals surface area contributed by atoms with Gasteiger partial charge < -0.3 is 16.4 Å². The maximum atomic E-state index is 5.56. The van der Waals surface area contributed by atoms with Crippen LogP contribution in [0.25, 0.3) is 0 Å². The van der Waals surface area contributed by atoms with Gasteiger partial charge in [0.15, 0.2) is 0 Å². The maximum absolute atomic E-state index is 5.56. The van der Waals surface area contributed by atoms with Gasteiger partial charge in [-0.2, -0.15) is 19.9 Å². The van der Waals surface area contributed by atoms with Gasteiger partial charge in [0.1, 0.15) is 0 Å². The average molecular weight is 268 g/mol. The number of aliphatic imine (C=N–C) groups is 1. The van der Waals surface area contributed by atoms with Crippen LogP contribution in [0.15, 0.2) is 4.99 Å². The number of guanidine groups is 1. The normalized spacial score (nSPS) is 11.5. The number of hydrogen-bond acceptors (Lipinski definition) is 7. The molecule has 0 spiro atoms. The van der Waals surface area contributed by atoms with E-state index in [4.69, 9.17) is 5.73 Å². The van der Waals surface area contributed by atoms with Crippen LogP contribution in [0.5, 0.6) is 0 Å². The lowest BCUT2D eigenvalue weighted by molar-refractivity contribution is 0.143. The molecule has 0 aliphatic heterocycles. The zero-order valence-electron chi connectivity index (χ0n) is 11.6. The summed E-state index contributed by atoms with van der Waals surface area (Å²) in [7, 11) is 1.44. The first-order chi connectivity index (χ1) is 9.05. The van der Waals surface area contributed by atoms with Crippen LogP contribution in [-0.4, -0.2) is 40.6 Å². The molecule has 0 unspecified atom stereocenters. The number of rotatable bonds is 6. The van der Waals surface area contributed by atoms with E-state index in [2.05, 4.69) is 40.9 Å². The summed E-state index contributed by atoms with van der Waals surface area (Å²) in [6.45, 7) is 6.62.